The fraction of sp³-hybridized carbons (Fsp3) is 0.467. The minimum atomic E-state index is -1.20. The van der Waals surface area contributed by atoms with E-state index < -0.39 is 23.9 Å². The van der Waals surface area contributed by atoms with E-state index in [0.717, 1.165) is 6.42 Å². The lowest BCUT2D eigenvalue weighted by molar-refractivity contribution is -0.135. The van der Waals surface area contributed by atoms with E-state index in [1.165, 1.54) is 36.2 Å². The highest BCUT2D eigenvalue weighted by Crippen LogP contribution is 2.29. The van der Waals surface area contributed by atoms with E-state index in [2.05, 4.69) is 15.4 Å². The molecule has 1 fully saturated rings. The molecule has 0 atom stereocenters. The van der Waals surface area contributed by atoms with Gasteiger partial charge in [0.05, 0.1) is 6.61 Å². The van der Waals surface area contributed by atoms with Crippen molar-refractivity contribution in [3.63, 3.8) is 0 Å². The number of nitrogens with zero attached hydrogens (tertiary/aromatic N) is 2. The summed E-state index contributed by atoms with van der Waals surface area (Å²) in [6, 6.07) is 1.21. The van der Waals surface area contributed by atoms with E-state index in [1.807, 2.05) is 0 Å². The van der Waals surface area contributed by atoms with Crippen LogP contribution in [0.3, 0.4) is 0 Å². The minimum Gasteiger partial charge on any atom is -0.480 e. The zero-order valence-corrected chi connectivity index (χ0v) is 12.9. The number of hydrogen-bond donors (Lipinski definition) is 3. The Morgan fingerprint density at radius 1 is 1.46 bits per heavy atom. The summed E-state index contributed by atoms with van der Waals surface area (Å²) < 4.78 is 7.06. The zero-order chi connectivity index (χ0) is 17.1. The molecule has 2 aromatic rings. The summed E-state index contributed by atoms with van der Waals surface area (Å²) in [5.41, 5.74) is -0.684. The smallest absolute Gasteiger partial charge is 0.322 e. The molecule has 1 saturated carbocycles. The monoisotopic (exact) mass is 334 g/mol. The minimum absolute atomic E-state index is 0.101. The number of fused-ring (bicyclic) bond motifs is 1. The number of ether oxygens (including phenoxy) is 1. The van der Waals surface area contributed by atoms with Gasteiger partial charge in [-0.25, -0.2) is 9.50 Å². The van der Waals surface area contributed by atoms with Crippen molar-refractivity contribution in [1.29, 1.82) is 0 Å². The Morgan fingerprint density at radius 3 is 2.92 bits per heavy atom. The largest absolute Gasteiger partial charge is 0.480 e. The van der Waals surface area contributed by atoms with E-state index in [0.29, 0.717) is 12.5 Å². The molecule has 1 aliphatic carbocycles. The van der Waals surface area contributed by atoms with Gasteiger partial charge >= 0.3 is 5.97 Å². The number of carboxylic acids is 1. The summed E-state index contributed by atoms with van der Waals surface area (Å²) in [6.07, 6.45) is 5.94. The number of aliphatic carboxylic acids is 1. The Kier molecular flexibility index (Phi) is 4.50. The Balaban J connectivity index is 1.81. The highest BCUT2D eigenvalue weighted by Gasteiger charge is 2.21. The molecule has 0 unspecified atom stereocenters. The summed E-state index contributed by atoms with van der Waals surface area (Å²) >= 11 is 0. The molecule has 3 rings (SSSR count). The molecule has 128 valence electrons. The van der Waals surface area contributed by atoms with Gasteiger partial charge in [-0.2, -0.15) is 0 Å². The number of hydrogen-bond acceptors (Lipinski definition) is 5. The molecule has 2 heterocycles. The summed E-state index contributed by atoms with van der Waals surface area (Å²) in [7, 11) is 0. The van der Waals surface area contributed by atoms with Gasteiger partial charge in [-0.3, -0.25) is 19.5 Å². The molecule has 24 heavy (non-hydrogen) atoms. The maximum absolute atomic E-state index is 12.2. The number of nitrogens with one attached hydrogen (secondary N) is 2. The molecule has 2 aromatic heterocycles. The molecule has 9 heteroatoms. The molecule has 0 spiro atoms. The summed E-state index contributed by atoms with van der Waals surface area (Å²) in [4.78, 5) is 38.8. The summed E-state index contributed by atoms with van der Waals surface area (Å²) in [5.74, 6) is -1.02. The molecule has 0 aliphatic heterocycles. The molecule has 1 aliphatic rings. The van der Waals surface area contributed by atoms with Crippen molar-refractivity contribution in [2.75, 3.05) is 13.2 Å². The Bertz CT molecular complexity index is 821. The van der Waals surface area contributed by atoms with Crippen LogP contribution in [0.2, 0.25) is 0 Å². The fourth-order valence-electron chi connectivity index (χ4n) is 2.65. The first-order chi connectivity index (χ1) is 11.6. The van der Waals surface area contributed by atoms with Gasteiger partial charge in [0.1, 0.15) is 18.4 Å². The van der Waals surface area contributed by atoms with Gasteiger partial charge < -0.3 is 15.2 Å². The van der Waals surface area contributed by atoms with Gasteiger partial charge in [0.2, 0.25) is 11.3 Å². The second-order valence-corrected chi connectivity index (χ2v) is 5.78. The van der Waals surface area contributed by atoms with Crippen LogP contribution in [0.4, 0.5) is 0 Å². The first kappa shape index (κ1) is 16.0. The predicted molar refractivity (Wildman–Crippen MR) is 83.2 cm³/mol. The van der Waals surface area contributed by atoms with Crippen molar-refractivity contribution in [1.82, 2.24) is 19.9 Å². The first-order valence-corrected chi connectivity index (χ1v) is 7.78. The lowest BCUT2D eigenvalue weighted by atomic mass is 9.83. The van der Waals surface area contributed by atoms with E-state index >= 15 is 0 Å². The standard InChI is InChI=1S/C15H18N4O5/c20-10-6-11(24-5-4-9-2-1-3-9)19-14(17-8-18-19)13(10)15(23)16-7-12(21)22/h6,8-9H,1-5,7H2,(H,16,23)(H,17,18)(H,21,22). The van der Waals surface area contributed by atoms with Crippen LogP contribution in [0.1, 0.15) is 36.0 Å². The lowest BCUT2D eigenvalue weighted by Crippen LogP contribution is -2.33. The number of pyridine rings is 1. The van der Waals surface area contributed by atoms with Crippen molar-refractivity contribution < 1.29 is 19.4 Å². The average Bonchev–Trinajstić information content (AvgIpc) is 2.96. The molecule has 3 N–H and O–H groups in total. The van der Waals surface area contributed by atoms with E-state index in [4.69, 9.17) is 9.84 Å². The molecule has 1 amide bonds. The van der Waals surface area contributed by atoms with Crippen LogP contribution in [0.25, 0.3) is 5.65 Å². The van der Waals surface area contributed by atoms with E-state index in [9.17, 15) is 14.4 Å². The van der Waals surface area contributed by atoms with Gasteiger partial charge in [0.15, 0.2) is 5.65 Å². The maximum atomic E-state index is 12.2. The van der Waals surface area contributed by atoms with Gasteiger partial charge in [-0.15, -0.1) is 0 Å². The third kappa shape index (κ3) is 3.24. The third-order valence-electron chi connectivity index (χ3n) is 4.16. The van der Waals surface area contributed by atoms with Crippen molar-refractivity contribution in [3.05, 3.63) is 28.2 Å². The van der Waals surface area contributed by atoms with Crippen LogP contribution in [0, 0.1) is 5.92 Å². The number of aromatic nitrogens is 3. The summed E-state index contributed by atoms with van der Waals surface area (Å²) in [6.45, 7) is -0.0930. The number of aromatic amines is 1. The topological polar surface area (TPSA) is 126 Å². The highest BCUT2D eigenvalue weighted by atomic mass is 16.5. The Labute approximate surface area is 136 Å². The normalized spacial score (nSPS) is 14.3. The number of rotatable bonds is 7. The predicted octanol–water partition coefficient (Wildman–Crippen LogP) is 0.406. The Morgan fingerprint density at radius 2 is 2.25 bits per heavy atom. The number of H-pyrrole nitrogens is 1. The molecular weight excluding hydrogens is 316 g/mol. The molecule has 9 nitrogen and oxygen atoms in total. The van der Waals surface area contributed by atoms with E-state index in [-0.39, 0.29) is 17.1 Å². The second kappa shape index (κ2) is 6.73. The van der Waals surface area contributed by atoms with Crippen LogP contribution >= 0.6 is 0 Å². The number of carboxylic acid groups (broad SMARTS) is 1. The van der Waals surface area contributed by atoms with Crippen LogP contribution < -0.4 is 15.5 Å². The van der Waals surface area contributed by atoms with Crippen molar-refractivity contribution >= 4 is 17.5 Å². The highest BCUT2D eigenvalue weighted by molar-refractivity contribution is 6.00. The first-order valence-electron chi connectivity index (χ1n) is 7.78. The number of carbonyl (C=O) groups is 2. The van der Waals surface area contributed by atoms with Crippen LogP contribution in [-0.2, 0) is 4.79 Å². The molecule has 0 bridgehead atoms. The molecule has 0 aromatic carbocycles. The van der Waals surface area contributed by atoms with Gasteiger partial charge in [0.25, 0.3) is 5.91 Å². The molecule has 0 radical (unpaired) electrons. The lowest BCUT2D eigenvalue weighted by Gasteiger charge is -2.24. The molecular formula is C15H18N4O5. The average molecular weight is 334 g/mol. The van der Waals surface area contributed by atoms with Gasteiger partial charge in [-0.05, 0) is 12.3 Å². The quantitative estimate of drug-likeness (QED) is 0.673. The fourth-order valence-corrected chi connectivity index (χ4v) is 2.65. The third-order valence-corrected chi connectivity index (χ3v) is 4.16. The van der Waals surface area contributed by atoms with Gasteiger partial charge in [-0.1, -0.05) is 19.3 Å². The van der Waals surface area contributed by atoms with Crippen molar-refractivity contribution in [3.8, 4) is 5.88 Å². The Hall–Kier alpha value is -2.84. The maximum Gasteiger partial charge on any atom is 0.322 e. The second-order valence-electron chi connectivity index (χ2n) is 5.78. The number of carbonyl (C=O) groups excluding carboxylic acids is 1. The van der Waals surface area contributed by atoms with Crippen molar-refractivity contribution in [2.45, 2.75) is 25.7 Å². The van der Waals surface area contributed by atoms with Crippen LogP contribution in [0.15, 0.2) is 17.2 Å². The summed E-state index contributed by atoms with van der Waals surface area (Å²) in [5, 5.41) is 13.6. The zero-order valence-electron chi connectivity index (χ0n) is 12.9. The SMILES string of the molecule is O=C(O)CNC(=O)c1c(=O)cc(OCCC2CCC2)n2[nH]cnc12. The number of amides is 1. The van der Waals surface area contributed by atoms with E-state index in [1.54, 1.807) is 0 Å². The molecule has 0 saturated heterocycles. The van der Waals surface area contributed by atoms with Crippen LogP contribution in [-0.4, -0.2) is 44.7 Å². The van der Waals surface area contributed by atoms with Crippen molar-refractivity contribution in [2.24, 2.45) is 5.92 Å². The van der Waals surface area contributed by atoms with Crippen LogP contribution in [0.5, 0.6) is 5.88 Å². The van der Waals surface area contributed by atoms with Gasteiger partial charge in [0, 0.05) is 6.07 Å².